The van der Waals surface area contributed by atoms with Gasteiger partial charge in [-0.05, 0) is 39.9 Å². The Kier molecular flexibility index (Phi) is 3.19. The molecule has 21 heavy (non-hydrogen) atoms. The van der Waals surface area contributed by atoms with Crippen LogP contribution in [0.25, 0.3) is 21.5 Å². The first kappa shape index (κ1) is 13.2. The minimum Gasteiger partial charge on any atom is -0.168 e. The van der Waals surface area contributed by atoms with Crippen LogP contribution in [-0.2, 0) is 4.75 Å². The molecular weight excluding hydrogens is 272 g/mol. The van der Waals surface area contributed by atoms with Gasteiger partial charge in [0.1, 0.15) is 0 Å². The Balaban J connectivity index is 2.00. The molecule has 106 valence electrons. The highest BCUT2D eigenvalue weighted by Crippen LogP contribution is 2.45. The highest BCUT2D eigenvalue weighted by molar-refractivity contribution is 7.81. The Morgan fingerprint density at radius 3 is 2.29 bits per heavy atom. The molecule has 1 heteroatoms. The first-order chi connectivity index (χ1) is 10.3. The van der Waals surface area contributed by atoms with E-state index in [0.717, 1.165) is 0 Å². The van der Waals surface area contributed by atoms with E-state index in [1.807, 2.05) is 0 Å². The molecule has 3 aromatic rings. The molecule has 0 atom stereocenters. The van der Waals surface area contributed by atoms with Crippen molar-refractivity contribution in [1.82, 2.24) is 0 Å². The van der Waals surface area contributed by atoms with E-state index in [0.29, 0.717) is 0 Å². The Morgan fingerprint density at radius 2 is 1.43 bits per heavy atom. The maximum absolute atomic E-state index is 5.11. The van der Waals surface area contributed by atoms with Gasteiger partial charge in [0.15, 0.2) is 0 Å². The fourth-order valence-electron chi connectivity index (χ4n) is 3.85. The van der Waals surface area contributed by atoms with Crippen molar-refractivity contribution in [2.24, 2.45) is 0 Å². The quantitative estimate of drug-likeness (QED) is 0.407. The lowest BCUT2D eigenvalue weighted by Crippen LogP contribution is -2.22. The van der Waals surface area contributed by atoms with E-state index in [4.69, 9.17) is 12.6 Å². The normalized spacial score (nSPS) is 18.1. The monoisotopic (exact) mass is 292 g/mol. The van der Waals surface area contributed by atoms with E-state index >= 15 is 0 Å². The van der Waals surface area contributed by atoms with E-state index < -0.39 is 0 Å². The number of hydrogen-bond acceptors (Lipinski definition) is 1. The molecule has 0 spiro atoms. The molecule has 1 aliphatic rings. The van der Waals surface area contributed by atoms with Gasteiger partial charge in [-0.3, -0.25) is 0 Å². The molecule has 1 fully saturated rings. The molecule has 4 rings (SSSR count). The summed E-state index contributed by atoms with van der Waals surface area (Å²) in [5.41, 5.74) is 1.42. The van der Waals surface area contributed by atoms with Gasteiger partial charge in [-0.2, -0.15) is 12.6 Å². The Hall–Kier alpha value is -1.47. The molecule has 1 saturated carbocycles. The summed E-state index contributed by atoms with van der Waals surface area (Å²) < 4.78 is 0.0558. The highest BCUT2D eigenvalue weighted by atomic mass is 32.1. The second kappa shape index (κ2) is 5.06. The number of thiol groups is 1. The van der Waals surface area contributed by atoms with E-state index in [1.54, 1.807) is 0 Å². The third kappa shape index (κ3) is 2.15. The van der Waals surface area contributed by atoms with Crippen LogP contribution in [0, 0.1) is 0 Å². The lowest BCUT2D eigenvalue weighted by atomic mass is 9.80. The zero-order chi connectivity index (χ0) is 14.3. The van der Waals surface area contributed by atoms with Crippen molar-refractivity contribution < 1.29 is 0 Å². The molecule has 0 aliphatic heterocycles. The topological polar surface area (TPSA) is 0 Å². The molecule has 0 heterocycles. The van der Waals surface area contributed by atoms with Crippen LogP contribution in [0.15, 0.2) is 54.6 Å². The van der Waals surface area contributed by atoms with Crippen molar-refractivity contribution in [2.75, 3.05) is 0 Å². The van der Waals surface area contributed by atoms with Crippen molar-refractivity contribution >= 4 is 34.2 Å². The lowest BCUT2D eigenvalue weighted by Gasteiger charge is -2.34. The minimum atomic E-state index is 0.0558. The summed E-state index contributed by atoms with van der Waals surface area (Å²) in [5.74, 6) is 0. The highest BCUT2D eigenvalue weighted by Gasteiger charge is 2.31. The first-order valence-electron chi connectivity index (χ1n) is 7.91. The summed E-state index contributed by atoms with van der Waals surface area (Å²) in [6.07, 6.45) is 6.35. The molecule has 0 saturated heterocycles. The summed E-state index contributed by atoms with van der Waals surface area (Å²) in [6, 6.07) is 19.9. The summed E-state index contributed by atoms with van der Waals surface area (Å²) in [6.45, 7) is 0. The summed E-state index contributed by atoms with van der Waals surface area (Å²) in [5, 5.41) is 5.42. The van der Waals surface area contributed by atoms with Crippen LogP contribution in [0.2, 0.25) is 0 Å². The van der Waals surface area contributed by atoms with Gasteiger partial charge >= 0.3 is 0 Å². The Morgan fingerprint density at radius 1 is 0.667 bits per heavy atom. The first-order valence-corrected chi connectivity index (χ1v) is 8.36. The van der Waals surface area contributed by atoms with Crippen LogP contribution in [-0.4, -0.2) is 0 Å². The van der Waals surface area contributed by atoms with E-state index in [2.05, 4.69) is 54.6 Å². The van der Waals surface area contributed by atoms with Gasteiger partial charge in [0.2, 0.25) is 0 Å². The minimum absolute atomic E-state index is 0.0558. The van der Waals surface area contributed by atoms with Gasteiger partial charge < -0.3 is 0 Å². The molecule has 0 aromatic heterocycles. The molecular formula is C20H20S. The van der Waals surface area contributed by atoms with Crippen molar-refractivity contribution in [2.45, 2.75) is 36.9 Å². The number of fused-ring (bicyclic) bond motifs is 3. The van der Waals surface area contributed by atoms with Gasteiger partial charge in [0.25, 0.3) is 0 Å². The van der Waals surface area contributed by atoms with Crippen LogP contribution in [0.5, 0.6) is 0 Å². The van der Waals surface area contributed by atoms with Crippen molar-refractivity contribution in [1.29, 1.82) is 0 Å². The van der Waals surface area contributed by atoms with E-state index in [1.165, 1.54) is 59.2 Å². The largest absolute Gasteiger partial charge is 0.168 e. The fraction of sp³-hybridized carbons (Fsp3) is 0.300. The maximum Gasteiger partial charge on any atom is 0.0384 e. The molecule has 0 nitrogen and oxygen atoms in total. The number of rotatable bonds is 1. The van der Waals surface area contributed by atoms with Gasteiger partial charge in [0, 0.05) is 4.75 Å². The molecule has 0 N–H and O–H groups in total. The van der Waals surface area contributed by atoms with Gasteiger partial charge in [-0.1, -0.05) is 73.9 Å². The molecule has 3 aromatic carbocycles. The molecule has 1 aliphatic carbocycles. The third-order valence-electron chi connectivity index (χ3n) is 4.97. The lowest BCUT2D eigenvalue weighted by molar-refractivity contribution is 0.412. The van der Waals surface area contributed by atoms with Gasteiger partial charge in [-0.15, -0.1) is 0 Å². The Labute approximate surface area is 131 Å². The molecule has 0 unspecified atom stereocenters. The zero-order valence-corrected chi connectivity index (χ0v) is 13.1. The van der Waals surface area contributed by atoms with Crippen molar-refractivity contribution in [3.05, 3.63) is 60.2 Å². The van der Waals surface area contributed by atoms with Crippen LogP contribution in [0.3, 0.4) is 0 Å². The smallest absolute Gasteiger partial charge is 0.0384 e. The fourth-order valence-corrected chi connectivity index (χ4v) is 4.36. The Bertz CT molecular complexity index is 797. The standard InChI is InChI=1S/C20H20S/c21-20(13-4-1-5-14-20)19-10-6-9-17-16-8-3-2-7-15(16)11-12-18(17)19/h2-3,6-12,21H,1,4-5,13-14H2. The average Bonchev–Trinajstić information content (AvgIpc) is 2.55. The van der Waals surface area contributed by atoms with Crippen LogP contribution in [0.4, 0.5) is 0 Å². The second-order valence-electron chi connectivity index (χ2n) is 6.28. The third-order valence-corrected chi connectivity index (χ3v) is 5.66. The van der Waals surface area contributed by atoms with Gasteiger partial charge in [0.05, 0.1) is 0 Å². The van der Waals surface area contributed by atoms with E-state index in [-0.39, 0.29) is 4.75 Å². The predicted octanol–water partition coefficient (Wildman–Crippen LogP) is 6.08. The zero-order valence-electron chi connectivity index (χ0n) is 12.2. The molecule has 0 amide bonds. The maximum atomic E-state index is 5.11. The molecule has 0 radical (unpaired) electrons. The van der Waals surface area contributed by atoms with Gasteiger partial charge in [-0.25, -0.2) is 0 Å². The van der Waals surface area contributed by atoms with Crippen molar-refractivity contribution in [3.8, 4) is 0 Å². The average molecular weight is 292 g/mol. The van der Waals surface area contributed by atoms with Crippen LogP contribution >= 0.6 is 12.6 Å². The molecule has 0 bridgehead atoms. The van der Waals surface area contributed by atoms with Crippen LogP contribution < -0.4 is 0 Å². The summed E-state index contributed by atoms with van der Waals surface area (Å²) in [4.78, 5) is 0. The number of benzene rings is 3. The second-order valence-corrected chi connectivity index (χ2v) is 7.14. The SMILES string of the molecule is SC1(c2cccc3c2ccc2ccccc23)CCCCC1. The van der Waals surface area contributed by atoms with Crippen LogP contribution in [0.1, 0.15) is 37.7 Å². The van der Waals surface area contributed by atoms with Crippen molar-refractivity contribution in [3.63, 3.8) is 0 Å². The summed E-state index contributed by atoms with van der Waals surface area (Å²) >= 11 is 5.11. The predicted molar refractivity (Wildman–Crippen MR) is 95.2 cm³/mol. The summed E-state index contributed by atoms with van der Waals surface area (Å²) in [7, 11) is 0. The number of hydrogen-bond donors (Lipinski definition) is 1. The van der Waals surface area contributed by atoms with E-state index in [9.17, 15) is 0 Å².